The molecule has 0 spiro atoms. The Balaban J connectivity index is 1.24. The molecule has 2 aliphatic heterocycles. The Bertz CT molecular complexity index is 1230. The first-order valence-electron chi connectivity index (χ1n) is 12.1. The standard InChI is InChI=1S/C27H30F2N4O3/c1-15-8-24(35-3)26(29)22(25(15)28)14-36-20-12-30-27(31-13-20)33-19-6-7-21(23(11-19)34-2)16-9-17-4-5-18(10-16)32-17/h6-8,11-13,16-18,32H,4-5,9-10,14H2,1-3H3,(H,30,31,33). The van der Waals surface area contributed by atoms with E-state index >= 15 is 0 Å². The number of hydrogen-bond acceptors (Lipinski definition) is 7. The monoisotopic (exact) mass is 496 g/mol. The van der Waals surface area contributed by atoms with Gasteiger partial charge in [-0.2, -0.15) is 0 Å². The second kappa shape index (κ2) is 10.3. The summed E-state index contributed by atoms with van der Waals surface area (Å²) in [6, 6.07) is 8.61. The van der Waals surface area contributed by atoms with E-state index in [1.807, 2.05) is 12.1 Å². The number of aromatic nitrogens is 2. The molecule has 2 fully saturated rings. The lowest BCUT2D eigenvalue weighted by molar-refractivity contribution is 0.285. The molecule has 2 N–H and O–H groups in total. The van der Waals surface area contributed by atoms with Crippen LogP contribution in [-0.4, -0.2) is 36.3 Å². The minimum absolute atomic E-state index is 0.0303. The van der Waals surface area contributed by atoms with Crippen LogP contribution in [0.4, 0.5) is 20.4 Å². The van der Waals surface area contributed by atoms with Gasteiger partial charge in [-0.05, 0) is 61.8 Å². The Hall–Kier alpha value is -3.46. The number of piperidine rings is 1. The number of benzene rings is 2. The molecule has 2 saturated heterocycles. The highest BCUT2D eigenvalue weighted by molar-refractivity contribution is 5.58. The van der Waals surface area contributed by atoms with E-state index in [1.54, 1.807) is 14.0 Å². The van der Waals surface area contributed by atoms with E-state index in [9.17, 15) is 8.78 Å². The molecular formula is C27H30F2N4O3. The maximum atomic E-state index is 14.5. The van der Waals surface area contributed by atoms with Crippen molar-refractivity contribution in [3.63, 3.8) is 0 Å². The summed E-state index contributed by atoms with van der Waals surface area (Å²) < 4.78 is 45.1. The molecule has 2 atom stereocenters. The van der Waals surface area contributed by atoms with E-state index < -0.39 is 11.6 Å². The number of fused-ring (bicyclic) bond motifs is 2. The van der Waals surface area contributed by atoms with Crippen molar-refractivity contribution in [3.8, 4) is 17.2 Å². The summed E-state index contributed by atoms with van der Waals surface area (Å²) in [6.45, 7) is 1.23. The van der Waals surface area contributed by atoms with Crippen LogP contribution in [-0.2, 0) is 6.61 Å². The van der Waals surface area contributed by atoms with Crippen molar-refractivity contribution in [3.05, 3.63) is 65.0 Å². The highest BCUT2D eigenvalue weighted by Crippen LogP contribution is 2.41. The Morgan fingerprint density at radius 2 is 1.67 bits per heavy atom. The number of aryl methyl sites for hydroxylation is 1. The lowest BCUT2D eigenvalue weighted by Crippen LogP contribution is -2.37. The predicted molar refractivity (Wildman–Crippen MR) is 132 cm³/mol. The summed E-state index contributed by atoms with van der Waals surface area (Å²) in [6.07, 6.45) is 7.68. The van der Waals surface area contributed by atoms with Gasteiger partial charge in [-0.3, -0.25) is 0 Å². The molecule has 0 amide bonds. The van der Waals surface area contributed by atoms with Gasteiger partial charge in [-0.25, -0.2) is 18.7 Å². The summed E-state index contributed by atoms with van der Waals surface area (Å²) in [4.78, 5) is 8.54. The largest absolute Gasteiger partial charge is 0.496 e. The van der Waals surface area contributed by atoms with Gasteiger partial charge in [0.2, 0.25) is 5.95 Å². The highest BCUT2D eigenvalue weighted by atomic mass is 19.1. The first-order chi connectivity index (χ1) is 17.4. The van der Waals surface area contributed by atoms with E-state index in [-0.39, 0.29) is 29.2 Å². The van der Waals surface area contributed by atoms with Crippen LogP contribution in [0.25, 0.3) is 0 Å². The molecule has 2 aromatic carbocycles. The van der Waals surface area contributed by atoms with E-state index in [1.165, 1.54) is 44.0 Å². The molecule has 2 bridgehead atoms. The molecule has 2 aliphatic rings. The van der Waals surface area contributed by atoms with Crippen molar-refractivity contribution < 1.29 is 23.0 Å². The average Bonchev–Trinajstić information content (AvgIpc) is 3.24. The number of ether oxygens (including phenoxy) is 3. The highest BCUT2D eigenvalue weighted by Gasteiger charge is 2.35. The van der Waals surface area contributed by atoms with Gasteiger partial charge in [0.05, 0.1) is 32.2 Å². The third-order valence-electron chi connectivity index (χ3n) is 7.07. The molecule has 7 nitrogen and oxygen atoms in total. The Morgan fingerprint density at radius 1 is 0.972 bits per heavy atom. The zero-order valence-corrected chi connectivity index (χ0v) is 20.6. The zero-order valence-electron chi connectivity index (χ0n) is 20.6. The van der Waals surface area contributed by atoms with Crippen LogP contribution in [0.2, 0.25) is 0 Å². The summed E-state index contributed by atoms with van der Waals surface area (Å²) in [7, 11) is 3.02. The quantitative estimate of drug-likeness (QED) is 0.432. The molecule has 5 rings (SSSR count). The van der Waals surface area contributed by atoms with Crippen LogP contribution >= 0.6 is 0 Å². The first-order valence-corrected chi connectivity index (χ1v) is 12.1. The van der Waals surface area contributed by atoms with Gasteiger partial charge < -0.3 is 24.8 Å². The molecule has 190 valence electrons. The molecule has 0 aliphatic carbocycles. The van der Waals surface area contributed by atoms with Crippen molar-refractivity contribution in [2.45, 2.75) is 57.2 Å². The number of nitrogens with zero attached hydrogens (tertiary/aromatic N) is 2. The molecule has 2 unspecified atom stereocenters. The van der Waals surface area contributed by atoms with Gasteiger partial charge in [0, 0.05) is 23.8 Å². The van der Waals surface area contributed by atoms with Crippen molar-refractivity contribution in [1.82, 2.24) is 15.3 Å². The van der Waals surface area contributed by atoms with E-state index in [4.69, 9.17) is 14.2 Å². The van der Waals surface area contributed by atoms with E-state index in [0.29, 0.717) is 23.9 Å². The molecule has 3 aromatic rings. The molecule has 0 radical (unpaired) electrons. The summed E-state index contributed by atoms with van der Waals surface area (Å²) in [5, 5.41) is 6.86. The number of nitrogens with one attached hydrogen (secondary N) is 2. The van der Waals surface area contributed by atoms with Gasteiger partial charge >= 0.3 is 0 Å². The van der Waals surface area contributed by atoms with Crippen LogP contribution in [0.3, 0.4) is 0 Å². The van der Waals surface area contributed by atoms with E-state index in [0.717, 1.165) is 24.3 Å². The predicted octanol–water partition coefficient (Wildman–Crippen LogP) is 5.40. The second-order valence-electron chi connectivity index (χ2n) is 9.42. The molecule has 1 aromatic heterocycles. The second-order valence-corrected chi connectivity index (χ2v) is 9.42. The number of rotatable bonds is 8. The number of hydrogen-bond donors (Lipinski definition) is 2. The van der Waals surface area contributed by atoms with Crippen LogP contribution in [0.1, 0.15) is 48.3 Å². The van der Waals surface area contributed by atoms with Crippen molar-refractivity contribution in [2.75, 3.05) is 19.5 Å². The fraction of sp³-hybridized carbons (Fsp3) is 0.407. The van der Waals surface area contributed by atoms with Crippen molar-refractivity contribution in [1.29, 1.82) is 0 Å². The molecule has 3 heterocycles. The number of anilines is 2. The van der Waals surface area contributed by atoms with Crippen LogP contribution in [0, 0.1) is 18.6 Å². The lowest BCUT2D eigenvalue weighted by Gasteiger charge is -2.30. The molecular weight excluding hydrogens is 466 g/mol. The minimum atomic E-state index is -0.783. The fourth-order valence-electron chi connectivity index (χ4n) is 5.26. The van der Waals surface area contributed by atoms with E-state index in [2.05, 4.69) is 26.7 Å². The maximum absolute atomic E-state index is 14.5. The van der Waals surface area contributed by atoms with Gasteiger partial charge in [0.1, 0.15) is 18.2 Å². The van der Waals surface area contributed by atoms with Crippen LogP contribution in [0.5, 0.6) is 17.2 Å². The zero-order chi connectivity index (χ0) is 25.2. The minimum Gasteiger partial charge on any atom is -0.496 e. The van der Waals surface area contributed by atoms with Crippen LogP contribution in [0.15, 0.2) is 36.7 Å². The smallest absolute Gasteiger partial charge is 0.227 e. The molecule has 0 saturated carbocycles. The van der Waals surface area contributed by atoms with Gasteiger partial charge in [0.25, 0.3) is 0 Å². The summed E-state index contributed by atoms with van der Waals surface area (Å²) >= 11 is 0. The lowest BCUT2D eigenvalue weighted by atomic mass is 9.85. The van der Waals surface area contributed by atoms with Gasteiger partial charge in [-0.1, -0.05) is 6.07 Å². The fourth-order valence-corrected chi connectivity index (χ4v) is 5.26. The third-order valence-corrected chi connectivity index (χ3v) is 7.07. The maximum Gasteiger partial charge on any atom is 0.227 e. The summed E-state index contributed by atoms with van der Waals surface area (Å²) in [5.41, 5.74) is 2.11. The Kier molecular flexibility index (Phi) is 6.91. The number of halogens is 2. The van der Waals surface area contributed by atoms with Gasteiger partial charge in [0.15, 0.2) is 17.3 Å². The SMILES string of the molecule is COc1cc(Nc2ncc(OCc3c(F)c(C)cc(OC)c3F)cn2)ccc1C1CC2CCC(C1)N2. The topological polar surface area (TPSA) is 77.5 Å². The molecule has 9 heteroatoms. The Morgan fingerprint density at radius 3 is 2.33 bits per heavy atom. The Labute approximate surface area is 209 Å². The first kappa shape index (κ1) is 24.2. The normalized spacial score (nSPS) is 20.8. The van der Waals surface area contributed by atoms with Crippen molar-refractivity contribution >= 4 is 11.6 Å². The number of methoxy groups -OCH3 is 2. The average molecular weight is 497 g/mol. The third kappa shape index (κ3) is 4.93. The van der Waals surface area contributed by atoms with Gasteiger partial charge in [-0.15, -0.1) is 0 Å². The van der Waals surface area contributed by atoms with Crippen molar-refractivity contribution in [2.24, 2.45) is 0 Å². The summed E-state index contributed by atoms with van der Waals surface area (Å²) in [5.74, 6) is 0.515. The van der Waals surface area contributed by atoms with Crippen LogP contribution < -0.4 is 24.8 Å². The molecule has 36 heavy (non-hydrogen) atoms.